The minimum absolute atomic E-state index is 0. The molecule has 14 heavy (non-hydrogen) atoms. The zero-order chi connectivity index (χ0) is 9.10. The smallest absolute Gasteiger partial charge is 0.0995 e. The highest BCUT2D eigenvalue weighted by atomic mass is 35.5. The van der Waals surface area contributed by atoms with Crippen LogP contribution in [0.5, 0.6) is 0 Å². The van der Waals surface area contributed by atoms with Gasteiger partial charge in [-0.2, -0.15) is 5.26 Å². The van der Waals surface area contributed by atoms with Gasteiger partial charge in [0.1, 0.15) is 0 Å². The number of halogens is 1. The molecule has 1 aromatic rings. The molecule has 3 heteroatoms. The Bertz CT molecular complexity index is 337. The summed E-state index contributed by atoms with van der Waals surface area (Å²) in [4.78, 5) is 0. The van der Waals surface area contributed by atoms with Crippen LogP contribution in [0.15, 0.2) is 24.3 Å². The van der Waals surface area contributed by atoms with Crippen LogP contribution in [-0.2, 0) is 0 Å². The van der Waals surface area contributed by atoms with Crippen LogP contribution in [0.1, 0.15) is 30.0 Å². The van der Waals surface area contributed by atoms with Crippen LogP contribution in [0.3, 0.4) is 0 Å². The van der Waals surface area contributed by atoms with Crippen LogP contribution in [0, 0.1) is 11.3 Å². The van der Waals surface area contributed by atoms with Gasteiger partial charge < -0.3 is 5.32 Å². The Hall–Kier alpha value is -1.04. The second-order valence-electron chi connectivity index (χ2n) is 3.35. The van der Waals surface area contributed by atoms with Gasteiger partial charge in [0, 0.05) is 6.04 Å². The summed E-state index contributed by atoms with van der Waals surface area (Å²) in [5.74, 6) is 0. The zero-order valence-corrected chi connectivity index (χ0v) is 8.68. The summed E-state index contributed by atoms with van der Waals surface area (Å²) in [5.41, 5.74) is 1.96. The average molecular weight is 209 g/mol. The van der Waals surface area contributed by atoms with Crippen molar-refractivity contribution in [2.75, 3.05) is 6.54 Å². The number of benzene rings is 1. The Morgan fingerprint density at radius 3 is 2.79 bits per heavy atom. The minimum atomic E-state index is 0. The van der Waals surface area contributed by atoms with E-state index in [-0.39, 0.29) is 12.4 Å². The molecule has 0 saturated carbocycles. The molecule has 1 atom stereocenters. The summed E-state index contributed by atoms with van der Waals surface area (Å²) in [5, 5.41) is 12.3. The van der Waals surface area contributed by atoms with Gasteiger partial charge in [-0.1, -0.05) is 18.2 Å². The lowest BCUT2D eigenvalue weighted by molar-refractivity contribution is 0.646. The predicted molar refractivity (Wildman–Crippen MR) is 58.4 cm³/mol. The monoisotopic (exact) mass is 208 g/mol. The fraction of sp³-hybridized carbons (Fsp3) is 0.364. The van der Waals surface area contributed by atoms with Crippen LogP contribution >= 0.6 is 12.4 Å². The molecule has 2 nitrogen and oxygen atoms in total. The lowest BCUT2D eigenvalue weighted by atomic mass is 10.0. The fourth-order valence-corrected chi connectivity index (χ4v) is 1.85. The van der Waals surface area contributed by atoms with E-state index < -0.39 is 0 Å². The summed E-state index contributed by atoms with van der Waals surface area (Å²) in [6.45, 7) is 1.07. The fourth-order valence-electron chi connectivity index (χ4n) is 1.85. The summed E-state index contributed by atoms with van der Waals surface area (Å²) >= 11 is 0. The van der Waals surface area contributed by atoms with E-state index in [4.69, 9.17) is 5.26 Å². The molecule has 0 aliphatic carbocycles. The van der Waals surface area contributed by atoms with E-state index in [2.05, 4.69) is 11.4 Å². The summed E-state index contributed by atoms with van der Waals surface area (Å²) in [6, 6.07) is 10.5. The Balaban J connectivity index is 0.000000980. The normalized spacial score (nSPS) is 19.8. The first-order valence-electron chi connectivity index (χ1n) is 4.64. The number of nitriles is 1. The first kappa shape index (κ1) is 11.0. The van der Waals surface area contributed by atoms with Crippen LogP contribution < -0.4 is 5.32 Å². The Morgan fingerprint density at radius 1 is 1.36 bits per heavy atom. The molecule has 1 fully saturated rings. The summed E-state index contributed by atoms with van der Waals surface area (Å²) in [7, 11) is 0. The third-order valence-corrected chi connectivity index (χ3v) is 2.52. The standard InChI is InChI=1S/C11H12N2.ClH/c12-8-9-4-1-2-5-10(9)11-6-3-7-13-11;/h1-2,4-5,11,13H,3,6-7H2;1H. The van der Waals surface area contributed by atoms with Crippen molar-refractivity contribution in [3.8, 4) is 6.07 Å². The molecule has 1 aromatic carbocycles. The highest BCUT2D eigenvalue weighted by Crippen LogP contribution is 2.25. The number of nitrogens with zero attached hydrogens (tertiary/aromatic N) is 1. The van der Waals surface area contributed by atoms with Crippen molar-refractivity contribution in [2.24, 2.45) is 0 Å². The highest BCUT2D eigenvalue weighted by Gasteiger charge is 2.18. The van der Waals surface area contributed by atoms with Gasteiger partial charge in [0.25, 0.3) is 0 Å². The number of hydrogen-bond donors (Lipinski definition) is 1. The zero-order valence-electron chi connectivity index (χ0n) is 7.86. The van der Waals surface area contributed by atoms with Crippen molar-refractivity contribution < 1.29 is 0 Å². The van der Waals surface area contributed by atoms with Gasteiger partial charge in [-0.25, -0.2) is 0 Å². The van der Waals surface area contributed by atoms with Crippen molar-refractivity contribution in [3.05, 3.63) is 35.4 Å². The molecule has 0 spiro atoms. The summed E-state index contributed by atoms with van der Waals surface area (Å²) < 4.78 is 0. The van der Waals surface area contributed by atoms with E-state index in [9.17, 15) is 0 Å². The Morgan fingerprint density at radius 2 is 2.14 bits per heavy atom. The number of rotatable bonds is 1. The third kappa shape index (κ3) is 2.06. The maximum absolute atomic E-state index is 8.90. The van der Waals surface area contributed by atoms with Crippen LogP contribution in [0.25, 0.3) is 0 Å². The second-order valence-corrected chi connectivity index (χ2v) is 3.35. The first-order chi connectivity index (χ1) is 6.42. The molecule has 1 saturated heterocycles. The third-order valence-electron chi connectivity index (χ3n) is 2.52. The first-order valence-corrected chi connectivity index (χ1v) is 4.64. The average Bonchev–Trinajstić information content (AvgIpc) is 2.70. The quantitative estimate of drug-likeness (QED) is 0.770. The van der Waals surface area contributed by atoms with Gasteiger partial charge in [0.2, 0.25) is 0 Å². The topological polar surface area (TPSA) is 35.8 Å². The lowest BCUT2D eigenvalue weighted by Gasteiger charge is -2.11. The SMILES string of the molecule is Cl.N#Cc1ccccc1C1CCCN1. The molecule has 1 heterocycles. The molecule has 74 valence electrons. The maximum atomic E-state index is 8.90. The van der Waals surface area contributed by atoms with Crippen LogP contribution in [-0.4, -0.2) is 6.54 Å². The lowest BCUT2D eigenvalue weighted by Crippen LogP contribution is -2.13. The van der Waals surface area contributed by atoms with Gasteiger partial charge in [0.05, 0.1) is 11.6 Å². The minimum Gasteiger partial charge on any atom is -0.310 e. The molecule has 0 bridgehead atoms. The van der Waals surface area contributed by atoms with Gasteiger partial charge in [-0.05, 0) is 31.0 Å². The Labute approximate surface area is 90.3 Å². The molecule has 1 aliphatic rings. The maximum Gasteiger partial charge on any atom is 0.0995 e. The largest absolute Gasteiger partial charge is 0.310 e. The van der Waals surface area contributed by atoms with E-state index in [0.29, 0.717) is 6.04 Å². The summed E-state index contributed by atoms with van der Waals surface area (Å²) in [6.07, 6.45) is 2.36. The van der Waals surface area contributed by atoms with E-state index >= 15 is 0 Å². The van der Waals surface area contributed by atoms with Crippen molar-refractivity contribution in [2.45, 2.75) is 18.9 Å². The molecule has 0 amide bonds. The predicted octanol–water partition coefficient (Wildman–Crippen LogP) is 2.40. The number of hydrogen-bond acceptors (Lipinski definition) is 2. The highest BCUT2D eigenvalue weighted by molar-refractivity contribution is 5.85. The van der Waals surface area contributed by atoms with Crippen molar-refractivity contribution in [1.82, 2.24) is 5.32 Å². The van der Waals surface area contributed by atoms with Crippen molar-refractivity contribution in [3.63, 3.8) is 0 Å². The Kier molecular flexibility index (Phi) is 3.94. The molecule has 0 radical (unpaired) electrons. The van der Waals surface area contributed by atoms with E-state index in [1.165, 1.54) is 6.42 Å². The van der Waals surface area contributed by atoms with Gasteiger partial charge >= 0.3 is 0 Å². The van der Waals surface area contributed by atoms with Gasteiger partial charge in [-0.3, -0.25) is 0 Å². The second kappa shape index (κ2) is 4.99. The van der Waals surface area contributed by atoms with Crippen LogP contribution in [0.4, 0.5) is 0 Å². The van der Waals surface area contributed by atoms with E-state index in [1.807, 2.05) is 24.3 Å². The molecular weight excluding hydrogens is 196 g/mol. The molecule has 1 aliphatic heterocycles. The van der Waals surface area contributed by atoms with E-state index in [1.54, 1.807) is 0 Å². The molecule has 2 rings (SSSR count). The van der Waals surface area contributed by atoms with Crippen molar-refractivity contribution >= 4 is 12.4 Å². The number of nitrogens with one attached hydrogen (secondary N) is 1. The molecule has 1 N–H and O–H groups in total. The molecular formula is C11H13ClN2. The molecule has 0 aromatic heterocycles. The van der Waals surface area contributed by atoms with Gasteiger partial charge in [-0.15, -0.1) is 12.4 Å². The van der Waals surface area contributed by atoms with Gasteiger partial charge in [0.15, 0.2) is 0 Å². The molecule has 1 unspecified atom stereocenters. The van der Waals surface area contributed by atoms with E-state index in [0.717, 1.165) is 24.1 Å². The van der Waals surface area contributed by atoms with Crippen molar-refractivity contribution in [1.29, 1.82) is 5.26 Å². The van der Waals surface area contributed by atoms with Crippen LogP contribution in [0.2, 0.25) is 0 Å².